The second kappa shape index (κ2) is 5.47. The van der Waals surface area contributed by atoms with E-state index in [4.69, 9.17) is 4.52 Å². The summed E-state index contributed by atoms with van der Waals surface area (Å²) < 4.78 is 9.42. The van der Waals surface area contributed by atoms with E-state index < -0.39 is 17.9 Å². The average Bonchev–Trinajstić information content (AvgIpc) is 2.71. The summed E-state index contributed by atoms with van der Waals surface area (Å²) in [5.41, 5.74) is 0.606. The van der Waals surface area contributed by atoms with Gasteiger partial charge in [-0.25, -0.2) is 4.79 Å². The van der Waals surface area contributed by atoms with Gasteiger partial charge in [-0.05, 0) is 12.8 Å². The zero-order chi connectivity index (χ0) is 13.0. The first-order valence-electron chi connectivity index (χ1n) is 5.27. The van der Waals surface area contributed by atoms with Crippen molar-refractivity contribution in [2.75, 3.05) is 7.11 Å². The predicted octanol–water partition coefficient (Wildman–Crippen LogP) is 0.910. The highest BCUT2D eigenvalue weighted by molar-refractivity contribution is 5.94. The number of aryl methyl sites for hydroxylation is 1. The van der Waals surface area contributed by atoms with Gasteiger partial charge in [0.05, 0.1) is 12.8 Å². The molecule has 1 aromatic rings. The maximum atomic E-state index is 11.7. The lowest BCUT2D eigenvalue weighted by Gasteiger charge is -2.18. The summed E-state index contributed by atoms with van der Waals surface area (Å²) in [6, 6.07) is 0.808. The minimum absolute atomic E-state index is 0.0737. The van der Waals surface area contributed by atoms with Gasteiger partial charge in [0.2, 0.25) is 5.76 Å². The topological polar surface area (TPSA) is 81.4 Å². The molecular weight excluding hydrogens is 224 g/mol. The fourth-order valence-electron chi connectivity index (χ4n) is 1.31. The number of methoxy groups -OCH3 is 1. The number of ether oxygens (including phenoxy) is 1. The lowest BCUT2D eigenvalue weighted by molar-refractivity contribution is -0.144. The fraction of sp³-hybridized carbons (Fsp3) is 0.545. The number of carbonyl (C=O) groups is 2. The third-order valence-electron chi connectivity index (χ3n) is 2.26. The quantitative estimate of drug-likeness (QED) is 0.791. The van der Waals surface area contributed by atoms with Gasteiger partial charge in [0.25, 0.3) is 5.91 Å². The van der Waals surface area contributed by atoms with E-state index in [0.29, 0.717) is 5.69 Å². The molecule has 1 unspecified atom stereocenters. The summed E-state index contributed by atoms with van der Waals surface area (Å²) in [6.07, 6.45) is 0. The summed E-state index contributed by atoms with van der Waals surface area (Å²) in [6.45, 7) is 5.33. The second-order valence-corrected chi connectivity index (χ2v) is 4.05. The smallest absolute Gasteiger partial charge is 0.328 e. The number of nitrogens with zero attached hydrogens (tertiary/aromatic N) is 1. The van der Waals surface area contributed by atoms with Crippen molar-refractivity contribution in [3.63, 3.8) is 0 Å². The molecule has 1 atom stereocenters. The summed E-state index contributed by atoms with van der Waals surface area (Å²) in [7, 11) is 1.28. The van der Waals surface area contributed by atoms with Crippen LogP contribution in [0, 0.1) is 12.8 Å². The number of nitrogens with one attached hydrogen (secondary N) is 1. The van der Waals surface area contributed by atoms with Crippen LogP contribution in [0.15, 0.2) is 10.6 Å². The van der Waals surface area contributed by atoms with E-state index in [1.165, 1.54) is 13.2 Å². The van der Waals surface area contributed by atoms with Crippen molar-refractivity contribution < 1.29 is 18.8 Å². The minimum Gasteiger partial charge on any atom is -0.467 e. The Morgan fingerprint density at radius 1 is 1.47 bits per heavy atom. The lowest BCUT2D eigenvalue weighted by Crippen LogP contribution is -2.44. The van der Waals surface area contributed by atoms with E-state index in [9.17, 15) is 9.59 Å². The van der Waals surface area contributed by atoms with Gasteiger partial charge in [-0.2, -0.15) is 0 Å². The van der Waals surface area contributed by atoms with Crippen LogP contribution in [-0.4, -0.2) is 30.2 Å². The Kier molecular flexibility index (Phi) is 4.25. The maximum Gasteiger partial charge on any atom is 0.328 e. The molecule has 6 nitrogen and oxygen atoms in total. The molecule has 1 N–H and O–H groups in total. The van der Waals surface area contributed by atoms with Crippen LogP contribution in [0.5, 0.6) is 0 Å². The van der Waals surface area contributed by atoms with Gasteiger partial charge in [-0.3, -0.25) is 4.79 Å². The van der Waals surface area contributed by atoms with Gasteiger partial charge in [0.1, 0.15) is 6.04 Å². The fourth-order valence-corrected chi connectivity index (χ4v) is 1.31. The second-order valence-electron chi connectivity index (χ2n) is 4.05. The van der Waals surface area contributed by atoms with E-state index in [0.717, 1.165) is 0 Å². The Balaban J connectivity index is 2.74. The van der Waals surface area contributed by atoms with E-state index in [2.05, 4.69) is 15.2 Å². The molecule has 0 aliphatic heterocycles. The zero-order valence-corrected chi connectivity index (χ0v) is 10.3. The zero-order valence-electron chi connectivity index (χ0n) is 10.3. The van der Waals surface area contributed by atoms with Crippen LogP contribution >= 0.6 is 0 Å². The first-order valence-corrected chi connectivity index (χ1v) is 5.27. The van der Waals surface area contributed by atoms with Crippen molar-refractivity contribution in [2.24, 2.45) is 5.92 Å². The number of amides is 1. The molecule has 0 spiro atoms. The van der Waals surface area contributed by atoms with Crippen LogP contribution < -0.4 is 5.32 Å². The largest absolute Gasteiger partial charge is 0.467 e. The van der Waals surface area contributed by atoms with Gasteiger partial charge in [-0.15, -0.1) is 0 Å². The highest BCUT2D eigenvalue weighted by Gasteiger charge is 2.26. The Morgan fingerprint density at radius 2 is 2.12 bits per heavy atom. The Labute approximate surface area is 99.3 Å². The highest BCUT2D eigenvalue weighted by Crippen LogP contribution is 2.07. The lowest BCUT2D eigenvalue weighted by atomic mass is 10.0. The van der Waals surface area contributed by atoms with Gasteiger partial charge >= 0.3 is 5.97 Å². The molecule has 0 bridgehead atoms. The van der Waals surface area contributed by atoms with Crippen LogP contribution in [-0.2, 0) is 9.53 Å². The molecule has 0 aliphatic carbocycles. The number of rotatable bonds is 4. The van der Waals surface area contributed by atoms with Crippen molar-refractivity contribution in [1.29, 1.82) is 0 Å². The van der Waals surface area contributed by atoms with Crippen LogP contribution in [0.3, 0.4) is 0 Å². The van der Waals surface area contributed by atoms with Crippen LogP contribution in [0.1, 0.15) is 30.1 Å². The summed E-state index contributed by atoms with van der Waals surface area (Å²) in [5.74, 6) is -0.952. The molecule has 1 amide bonds. The average molecular weight is 240 g/mol. The molecule has 1 heterocycles. The molecule has 1 rings (SSSR count). The molecule has 94 valence electrons. The number of aromatic nitrogens is 1. The monoisotopic (exact) mass is 240 g/mol. The van der Waals surface area contributed by atoms with Gasteiger partial charge in [0, 0.05) is 6.07 Å². The SMILES string of the molecule is COC(=O)C(NC(=O)c1cc(C)no1)C(C)C. The van der Waals surface area contributed by atoms with Crippen molar-refractivity contribution in [2.45, 2.75) is 26.8 Å². The Morgan fingerprint density at radius 3 is 2.53 bits per heavy atom. The third kappa shape index (κ3) is 3.30. The first-order chi connectivity index (χ1) is 7.95. The van der Waals surface area contributed by atoms with E-state index in [1.54, 1.807) is 6.92 Å². The van der Waals surface area contributed by atoms with Crippen molar-refractivity contribution in [3.8, 4) is 0 Å². The molecule has 0 aliphatic rings. The predicted molar refractivity (Wildman–Crippen MR) is 59.3 cm³/mol. The molecular formula is C11H16N2O4. The molecule has 6 heteroatoms. The van der Waals surface area contributed by atoms with Gasteiger partial charge < -0.3 is 14.6 Å². The minimum atomic E-state index is -0.696. The summed E-state index contributed by atoms with van der Waals surface area (Å²) in [5, 5.41) is 6.15. The Bertz CT molecular complexity index is 411. The third-order valence-corrected chi connectivity index (χ3v) is 2.26. The molecule has 0 fully saturated rings. The van der Waals surface area contributed by atoms with Crippen LogP contribution in [0.4, 0.5) is 0 Å². The van der Waals surface area contributed by atoms with Crippen molar-refractivity contribution in [1.82, 2.24) is 10.5 Å². The van der Waals surface area contributed by atoms with Crippen LogP contribution in [0.25, 0.3) is 0 Å². The molecule has 0 saturated carbocycles. The van der Waals surface area contributed by atoms with Gasteiger partial charge in [0.15, 0.2) is 0 Å². The van der Waals surface area contributed by atoms with E-state index >= 15 is 0 Å². The van der Waals surface area contributed by atoms with Gasteiger partial charge in [-0.1, -0.05) is 19.0 Å². The summed E-state index contributed by atoms with van der Waals surface area (Å²) >= 11 is 0. The van der Waals surface area contributed by atoms with E-state index in [-0.39, 0.29) is 11.7 Å². The normalized spacial score (nSPS) is 12.3. The standard InChI is InChI=1S/C11H16N2O4/c1-6(2)9(11(15)16-4)12-10(14)8-5-7(3)13-17-8/h5-6,9H,1-4H3,(H,12,14). The molecule has 17 heavy (non-hydrogen) atoms. The Hall–Kier alpha value is -1.85. The first kappa shape index (κ1) is 13.2. The molecule has 0 saturated heterocycles. The van der Waals surface area contributed by atoms with Crippen molar-refractivity contribution in [3.05, 3.63) is 17.5 Å². The molecule has 0 radical (unpaired) electrons. The molecule has 1 aromatic heterocycles. The van der Waals surface area contributed by atoms with E-state index in [1.807, 2.05) is 13.8 Å². The molecule has 0 aromatic carbocycles. The number of hydrogen-bond donors (Lipinski definition) is 1. The number of esters is 1. The highest BCUT2D eigenvalue weighted by atomic mass is 16.5. The summed E-state index contributed by atoms with van der Waals surface area (Å²) in [4.78, 5) is 23.2. The number of hydrogen-bond acceptors (Lipinski definition) is 5. The number of carbonyl (C=O) groups excluding carboxylic acids is 2. The maximum absolute atomic E-state index is 11.7. The van der Waals surface area contributed by atoms with Crippen LogP contribution in [0.2, 0.25) is 0 Å². The van der Waals surface area contributed by atoms with Crippen molar-refractivity contribution >= 4 is 11.9 Å².